The predicted molar refractivity (Wildman–Crippen MR) is 540 cm³/mol. The number of nitrogens with one attached hydrogen (secondary N) is 3. The van der Waals surface area contributed by atoms with Crippen molar-refractivity contribution >= 4 is 37.0 Å². The van der Waals surface area contributed by atoms with Crippen molar-refractivity contribution in [1.29, 1.82) is 0 Å². The zero-order valence-corrected chi connectivity index (χ0v) is 84.8. The van der Waals surface area contributed by atoms with Crippen LogP contribution >= 0.6 is 0 Å². The van der Waals surface area contributed by atoms with E-state index < -0.39 is 0 Å². The molecular weight excluding hydrogens is 1450 g/mol. The maximum Gasteiger partial charge on any atom is 0.182 e. The van der Waals surface area contributed by atoms with E-state index in [9.17, 15) is 4.79 Å². The minimum atomic E-state index is 0.160. The number of azo groups is 1. The summed E-state index contributed by atoms with van der Waals surface area (Å²) in [6, 6.07) is 25.5. The summed E-state index contributed by atoms with van der Waals surface area (Å²) in [5.74, 6) is 6.01. The van der Waals surface area contributed by atoms with Gasteiger partial charge in [-0.1, -0.05) is 342 Å². The third-order valence-electron chi connectivity index (χ3n) is 8.22. The van der Waals surface area contributed by atoms with E-state index in [2.05, 4.69) is 351 Å². The van der Waals surface area contributed by atoms with Crippen molar-refractivity contribution in [2.24, 2.45) is 97.8 Å². The van der Waals surface area contributed by atoms with Gasteiger partial charge in [0.15, 0.2) is 11.7 Å². The Balaban J connectivity index is -0.000000113. The van der Waals surface area contributed by atoms with Gasteiger partial charge in [0.25, 0.3) is 0 Å². The molecule has 0 amide bonds. The highest BCUT2D eigenvalue weighted by Crippen LogP contribution is 2.23. The van der Waals surface area contributed by atoms with E-state index in [1.165, 1.54) is 25.9 Å². The molecule has 8 aliphatic rings. The monoisotopic (exact) mass is 1640 g/mol. The molecule has 1 aromatic carbocycles. The fourth-order valence-corrected chi connectivity index (χ4v) is 4.92. The van der Waals surface area contributed by atoms with Gasteiger partial charge in [-0.25, -0.2) is 4.99 Å². The van der Waals surface area contributed by atoms with Crippen LogP contribution in [0, 0.1) is 62.6 Å². The molecule has 7 aliphatic heterocycles. The summed E-state index contributed by atoms with van der Waals surface area (Å²) in [6.07, 6.45) is 47.5. The number of ether oxygens (including phenoxy) is 1. The minimum absolute atomic E-state index is 0.160. The average molecular weight is 1640 g/mol. The molecule has 3 N–H and O–H groups in total. The topological polar surface area (TPSA) is 173 Å². The fourth-order valence-electron chi connectivity index (χ4n) is 4.92. The van der Waals surface area contributed by atoms with Crippen molar-refractivity contribution in [3.8, 4) is 0 Å². The Kier molecular flexibility index (Phi) is 109. The molecule has 682 valence electrons. The minimum Gasteiger partial charge on any atom is -0.478 e. The third kappa shape index (κ3) is 267. The lowest BCUT2D eigenvalue weighted by molar-refractivity contribution is -0.113. The molecule has 0 spiro atoms. The van der Waals surface area contributed by atoms with Crippen LogP contribution in [0.25, 0.3) is 0 Å². The largest absolute Gasteiger partial charge is 0.478 e. The van der Waals surface area contributed by atoms with Gasteiger partial charge in [0.05, 0.1) is 26.2 Å². The lowest BCUT2D eigenvalue weighted by Gasteiger charge is -2.31. The second-order valence-corrected chi connectivity index (χ2v) is 40.3. The number of aromatic nitrogens is 3. The Morgan fingerprint density at radius 2 is 0.754 bits per heavy atom. The molecule has 0 atom stereocenters. The molecular formula is C104H194N12O2. The highest BCUT2D eigenvalue weighted by atomic mass is 16.5. The molecule has 2 fully saturated rings. The number of benzene rings is 1. The number of H-pyrrole nitrogens is 2. The van der Waals surface area contributed by atoms with Gasteiger partial charge in [0.2, 0.25) is 0 Å². The van der Waals surface area contributed by atoms with Crippen LogP contribution in [-0.2, 0) is 9.53 Å². The Morgan fingerprint density at radius 3 is 0.856 bits per heavy atom. The van der Waals surface area contributed by atoms with Crippen LogP contribution in [-0.4, -0.2) is 108 Å². The maximum absolute atomic E-state index is 10.3. The first-order valence-corrected chi connectivity index (χ1v) is 43.5. The van der Waals surface area contributed by atoms with E-state index in [-0.39, 0.29) is 11.3 Å². The van der Waals surface area contributed by atoms with Crippen LogP contribution in [0.15, 0.2) is 237 Å². The van der Waals surface area contributed by atoms with Crippen molar-refractivity contribution < 1.29 is 9.53 Å². The molecule has 0 saturated carbocycles. The Bertz CT molecular complexity index is 2420. The summed E-state index contributed by atoms with van der Waals surface area (Å²) in [4.78, 5) is 40.8. The molecule has 14 nitrogen and oxygen atoms in total. The van der Waals surface area contributed by atoms with Gasteiger partial charge in [0, 0.05) is 105 Å². The number of allylic oxidation sites excluding steroid dienone is 7. The lowest BCUT2D eigenvalue weighted by atomic mass is 10.0. The zero-order valence-electron chi connectivity index (χ0n) is 84.8. The van der Waals surface area contributed by atoms with Crippen LogP contribution in [0.2, 0.25) is 0 Å². The average Bonchev–Trinajstić information content (AvgIpc) is 1.72. The van der Waals surface area contributed by atoms with Crippen LogP contribution in [0.3, 0.4) is 0 Å². The zero-order chi connectivity index (χ0) is 93.6. The van der Waals surface area contributed by atoms with Crippen LogP contribution in [0.5, 0.6) is 0 Å². The predicted octanol–water partition coefficient (Wildman–Crippen LogP) is 31.7. The molecule has 0 radical (unpaired) electrons. The van der Waals surface area contributed by atoms with Gasteiger partial charge in [-0.3, -0.25) is 29.7 Å². The second kappa shape index (κ2) is 96.4. The number of hydrogen-bond donors (Lipinski definition) is 3. The molecule has 2 saturated heterocycles. The highest BCUT2D eigenvalue weighted by Gasteiger charge is 2.27. The van der Waals surface area contributed by atoms with Crippen molar-refractivity contribution in [1.82, 2.24) is 25.2 Å². The van der Waals surface area contributed by atoms with Crippen LogP contribution in [0.4, 0.5) is 0 Å². The number of hydrogen-bond acceptors (Lipinski definition) is 12. The maximum atomic E-state index is 10.3. The summed E-state index contributed by atoms with van der Waals surface area (Å²) in [7, 11) is 0. The van der Waals surface area contributed by atoms with Gasteiger partial charge in [0.1, 0.15) is 12.9 Å². The van der Waals surface area contributed by atoms with E-state index in [0.29, 0.717) is 33.5 Å². The molecule has 3 aromatic heterocycles. The lowest BCUT2D eigenvalue weighted by Crippen LogP contribution is -2.37. The van der Waals surface area contributed by atoms with Gasteiger partial charge in [-0.05, 0) is 170 Å². The summed E-state index contributed by atoms with van der Waals surface area (Å²) >= 11 is 0. The van der Waals surface area contributed by atoms with Crippen molar-refractivity contribution in [2.75, 3.05) is 45.9 Å². The Labute approximate surface area is 734 Å². The highest BCUT2D eigenvalue weighted by molar-refractivity contribution is 5.92. The second-order valence-electron chi connectivity index (χ2n) is 40.3. The molecule has 1 aliphatic carbocycles. The number of aliphatic imine (C=N–C) groups is 5. The Hall–Kier alpha value is -7.71. The SMILES string of the molecule is C1=CCN=C1.C1=CN=CC1.C1=CN=CC1.C1=CN=NC1.C1=NC=NC1.C1CCNC1.C=C1OCCN1C(C)(C)C.CC(C)(C)C.CC(C)(C)C.CC(C)(C)C.CC(C)(C)C.CC(C)(C)C.CC(C)C.CC(C)C.CC(C)C.CC(C)C.CC(C)C.CC(C)C.O=C1C=CC=CC1.c1cc[nH]c1.c1cc[nH]c1.c1ccccc1.c1ccncc1. The third-order valence-corrected chi connectivity index (χ3v) is 8.22. The fraction of sp³-hybridized carbons (Fsp3) is 0.625. The molecule has 4 aromatic rings. The van der Waals surface area contributed by atoms with Crippen molar-refractivity contribution in [3.05, 3.63) is 202 Å². The smallest absolute Gasteiger partial charge is 0.182 e. The molecule has 10 heterocycles. The number of rotatable bonds is 0. The summed E-state index contributed by atoms with van der Waals surface area (Å²) in [5.41, 5.74) is 2.66. The van der Waals surface area contributed by atoms with E-state index in [1.54, 1.807) is 61.9 Å². The Morgan fingerprint density at radius 1 is 0.398 bits per heavy atom. The summed E-state index contributed by atoms with van der Waals surface area (Å²) in [5, 5.41) is 10.3. The number of carbonyl (C=O) groups excluding carboxylic acids is 1. The molecule has 0 bridgehead atoms. The first-order chi connectivity index (χ1) is 54.3. The van der Waals surface area contributed by atoms with Crippen LogP contribution < -0.4 is 5.32 Å². The summed E-state index contributed by atoms with van der Waals surface area (Å²) in [6.45, 7) is 99.7. The van der Waals surface area contributed by atoms with Gasteiger partial charge < -0.3 is 24.9 Å². The number of aromatic amines is 2. The van der Waals surface area contributed by atoms with Crippen molar-refractivity contribution in [2.45, 2.75) is 322 Å². The van der Waals surface area contributed by atoms with Gasteiger partial charge >= 0.3 is 0 Å². The molecule has 118 heavy (non-hydrogen) atoms. The van der Waals surface area contributed by atoms with E-state index >= 15 is 0 Å². The van der Waals surface area contributed by atoms with E-state index in [1.807, 2.05) is 159 Å². The number of pyridine rings is 1. The number of carbonyl (C=O) groups is 1. The van der Waals surface area contributed by atoms with Gasteiger partial charge in [-0.15, -0.1) is 0 Å². The van der Waals surface area contributed by atoms with E-state index in [4.69, 9.17) is 4.74 Å². The van der Waals surface area contributed by atoms with Crippen LogP contribution in [0.1, 0.15) is 316 Å². The number of nitrogens with zero attached hydrogens (tertiary/aromatic N) is 9. The van der Waals surface area contributed by atoms with Gasteiger partial charge in [-0.2, -0.15) is 10.2 Å². The molecule has 0 unspecified atom stereocenters. The quantitative estimate of drug-likeness (QED) is 0.159. The van der Waals surface area contributed by atoms with Crippen molar-refractivity contribution in [3.63, 3.8) is 0 Å². The first-order valence-electron chi connectivity index (χ1n) is 43.5. The standard InChI is InChI=1S/C8H15NO.C6H6O.C6H6.C5H5N.5C5H12.C4H9N.5C4H5N.6C4H10.2C3H4N2/c1-7-9(5-6-10-7)8(2,3)4;7-6-4-2-1-3-5-6;2*1-2-4-6-5-3-1;5*1-5(2,3)4;6*1-2-4-5-3-1;6*1-4(2)3;1-2-5-3-4-1;1-2-4-5-3-1/h1,5-6H2,2-4H3;1-4H,5H2;1-6H;1-5H;5*1-4H3;5H,1-4H2;2*1,3-4H,2H2;1-3H,4H2;2*1-5H;6*4H,1-3H3;1,3H,2H2;1-2H,3H2. The number of ketones is 1. The first kappa shape index (κ1) is 134. The molecule has 12 rings (SSSR count). The normalized spacial score (nSPS) is 13.3. The van der Waals surface area contributed by atoms with E-state index in [0.717, 1.165) is 87.0 Å². The summed E-state index contributed by atoms with van der Waals surface area (Å²) < 4.78 is 5.22. The molecule has 14 heteroatoms.